The van der Waals surface area contributed by atoms with Crippen LogP contribution in [0, 0.1) is 6.92 Å². The van der Waals surface area contributed by atoms with Crippen molar-refractivity contribution in [2.75, 3.05) is 39.4 Å². The maximum absolute atomic E-state index is 13.2. The van der Waals surface area contributed by atoms with Crippen LogP contribution in [0.15, 0.2) is 50.5 Å². The third-order valence-electron chi connectivity index (χ3n) is 6.30. The first-order valence-corrected chi connectivity index (χ1v) is 12.6. The summed E-state index contributed by atoms with van der Waals surface area (Å²) in [4.78, 5) is 14.4. The summed E-state index contributed by atoms with van der Waals surface area (Å²) in [7, 11) is -3.68. The van der Waals surface area contributed by atoms with Crippen LogP contribution in [0.25, 0.3) is 11.0 Å². The van der Waals surface area contributed by atoms with Crippen LogP contribution in [0.2, 0.25) is 0 Å². The van der Waals surface area contributed by atoms with Gasteiger partial charge in [0.2, 0.25) is 10.0 Å². The molecule has 3 aromatic rings. The summed E-state index contributed by atoms with van der Waals surface area (Å²) in [5, 5.41) is 10.7. The number of hydrogen-bond acceptors (Lipinski definition) is 8. The average Bonchev–Trinajstić information content (AvgIpc) is 3.07. The van der Waals surface area contributed by atoms with Gasteiger partial charge in [-0.25, -0.2) is 13.2 Å². The molecule has 10 heteroatoms. The Hall–Kier alpha value is -3.08. The fraction of sp³-hybridized carbons (Fsp3) is 0.375. The molecule has 0 atom stereocenters. The first kappa shape index (κ1) is 22.7. The van der Waals surface area contributed by atoms with E-state index in [0.29, 0.717) is 68.6 Å². The third-order valence-corrected chi connectivity index (χ3v) is 8.19. The summed E-state index contributed by atoms with van der Waals surface area (Å²) in [5.41, 5.74) is 1.20. The highest BCUT2D eigenvalue weighted by Gasteiger charge is 2.30. The first-order valence-electron chi connectivity index (χ1n) is 11.2. The summed E-state index contributed by atoms with van der Waals surface area (Å²) >= 11 is 0. The number of nitrogens with zero attached hydrogens (tertiary/aromatic N) is 2. The van der Waals surface area contributed by atoms with Crippen LogP contribution in [0.1, 0.15) is 17.5 Å². The number of benzene rings is 2. The van der Waals surface area contributed by atoms with E-state index in [1.54, 1.807) is 31.2 Å². The van der Waals surface area contributed by atoms with E-state index in [0.717, 1.165) is 17.4 Å². The van der Waals surface area contributed by atoms with Crippen molar-refractivity contribution in [3.63, 3.8) is 0 Å². The first-order chi connectivity index (χ1) is 16.3. The molecule has 0 aliphatic carbocycles. The Kier molecular flexibility index (Phi) is 5.97. The molecule has 1 aromatic heterocycles. The van der Waals surface area contributed by atoms with Crippen LogP contribution in [-0.2, 0) is 16.6 Å². The minimum Gasteiger partial charge on any atom is -0.508 e. The van der Waals surface area contributed by atoms with E-state index >= 15 is 0 Å². The molecule has 0 unspecified atom stereocenters. The molecular weight excluding hydrogens is 460 g/mol. The Morgan fingerprint density at radius 3 is 2.47 bits per heavy atom. The van der Waals surface area contributed by atoms with Crippen molar-refractivity contribution in [1.82, 2.24) is 9.21 Å². The van der Waals surface area contributed by atoms with Gasteiger partial charge in [0.05, 0.1) is 18.1 Å². The molecule has 5 rings (SSSR count). The predicted molar refractivity (Wildman–Crippen MR) is 125 cm³/mol. The van der Waals surface area contributed by atoms with Gasteiger partial charge < -0.3 is 19.0 Å². The standard InChI is InChI=1S/C24H26N2O7S/c1-16-20(27)5-4-19-17(13-23(28)33-24(16)19)15-25-7-9-26(10-8-25)34(29,30)18-3-6-21-22(14-18)32-12-2-11-31-21/h3-6,13-14,27H,2,7-12,15H2,1H3. The fourth-order valence-corrected chi connectivity index (χ4v) is 5.81. The SMILES string of the molecule is Cc1c(O)ccc2c(CN3CCN(S(=O)(=O)c4ccc5c(c4)OCCCO5)CC3)cc(=O)oc12. The topological polar surface area (TPSA) is 110 Å². The summed E-state index contributed by atoms with van der Waals surface area (Å²) < 4.78 is 44.5. The van der Waals surface area contributed by atoms with E-state index in [1.807, 2.05) is 0 Å². The zero-order valence-corrected chi connectivity index (χ0v) is 19.6. The Balaban J connectivity index is 1.31. The fourth-order valence-electron chi connectivity index (χ4n) is 4.37. The molecule has 34 heavy (non-hydrogen) atoms. The lowest BCUT2D eigenvalue weighted by atomic mass is 10.1. The minimum absolute atomic E-state index is 0.0707. The molecule has 2 aliphatic rings. The lowest BCUT2D eigenvalue weighted by Gasteiger charge is -2.34. The largest absolute Gasteiger partial charge is 0.508 e. The molecule has 180 valence electrons. The average molecular weight is 487 g/mol. The highest BCUT2D eigenvalue weighted by Crippen LogP contribution is 2.33. The zero-order chi connectivity index (χ0) is 23.9. The Morgan fingerprint density at radius 1 is 0.971 bits per heavy atom. The highest BCUT2D eigenvalue weighted by molar-refractivity contribution is 7.89. The second-order valence-corrected chi connectivity index (χ2v) is 10.5. The number of fused-ring (bicyclic) bond motifs is 2. The maximum atomic E-state index is 13.2. The molecule has 0 amide bonds. The molecule has 0 radical (unpaired) electrons. The van der Waals surface area contributed by atoms with Gasteiger partial charge in [-0.1, -0.05) is 0 Å². The van der Waals surface area contributed by atoms with Crippen molar-refractivity contribution >= 4 is 21.0 Å². The number of aromatic hydroxyl groups is 1. The van der Waals surface area contributed by atoms with Gasteiger partial charge in [-0.2, -0.15) is 4.31 Å². The summed E-state index contributed by atoms with van der Waals surface area (Å²) in [6.07, 6.45) is 0.748. The summed E-state index contributed by atoms with van der Waals surface area (Å²) in [6.45, 7) is 4.90. The molecule has 2 aliphatic heterocycles. The van der Waals surface area contributed by atoms with Crippen LogP contribution in [0.4, 0.5) is 0 Å². The van der Waals surface area contributed by atoms with Crippen LogP contribution in [0.3, 0.4) is 0 Å². The van der Waals surface area contributed by atoms with Gasteiger partial charge in [0.25, 0.3) is 0 Å². The van der Waals surface area contributed by atoms with Crippen LogP contribution < -0.4 is 15.1 Å². The van der Waals surface area contributed by atoms with E-state index in [2.05, 4.69) is 4.90 Å². The van der Waals surface area contributed by atoms with Gasteiger partial charge in [0, 0.05) is 62.2 Å². The van der Waals surface area contributed by atoms with Crippen molar-refractivity contribution in [2.45, 2.75) is 24.8 Å². The Morgan fingerprint density at radius 2 is 1.71 bits per heavy atom. The Labute approximate surface area is 197 Å². The predicted octanol–water partition coefficient (Wildman–Crippen LogP) is 2.47. The highest BCUT2D eigenvalue weighted by atomic mass is 32.2. The quantitative estimate of drug-likeness (QED) is 0.560. The van der Waals surface area contributed by atoms with E-state index in [1.165, 1.54) is 16.4 Å². The molecule has 1 fully saturated rings. The van der Waals surface area contributed by atoms with Crippen molar-refractivity contribution < 1.29 is 27.4 Å². The molecule has 2 aromatic carbocycles. The maximum Gasteiger partial charge on any atom is 0.336 e. The van der Waals surface area contributed by atoms with Crippen LogP contribution in [0.5, 0.6) is 17.2 Å². The number of phenolic OH excluding ortho intramolecular Hbond substituents is 1. The van der Waals surface area contributed by atoms with Gasteiger partial charge in [0.15, 0.2) is 11.5 Å². The molecule has 0 bridgehead atoms. The van der Waals surface area contributed by atoms with Gasteiger partial charge in [-0.15, -0.1) is 0 Å². The normalized spacial score (nSPS) is 17.6. The number of phenols is 1. The third kappa shape index (κ3) is 4.24. The van der Waals surface area contributed by atoms with Crippen LogP contribution in [-0.4, -0.2) is 62.1 Å². The van der Waals surface area contributed by atoms with E-state index in [-0.39, 0.29) is 10.6 Å². The van der Waals surface area contributed by atoms with Gasteiger partial charge in [0.1, 0.15) is 11.3 Å². The number of ether oxygens (including phenoxy) is 2. The lowest BCUT2D eigenvalue weighted by molar-refractivity contribution is 0.182. The van der Waals surface area contributed by atoms with E-state index in [9.17, 15) is 18.3 Å². The lowest BCUT2D eigenvalue weighted by Crippen LogP contribution is -2.48. The van der Waals surface area contributed by atoms with Crippen molar-refractivity contribution in [1.29, 1.82) is 0 Å². The smallest absolute Gasteiger partial charge is 0.336 e. The molecule has 9 nitrogen and oxygen atoms in total. The minimum atomic E-state index is -3.68. The second kappa shape index (κ2) is 8.94. The molecule has 0 spiro atoms. The van der Waals surface area contributed by atoms with Gasteiger partial charge in [-0.3, -0.25) is 4.90 Å². The zero-order valence-electron chi connectivity index (χ0n) is 18.8. The molecule has 1 saturated heterocycles. The molecule has 3 heterocycles. The Bertz CT molecular complexity index is 1390. The number of sulfonamides is 1. The number of hydrogen-bond donors (Lipinski definition) is 1. The van der Waals surface area contributed by atoms with Gasteiger partial charge in [-0.05, 0) is 36.8 Å². The van der Waals surface area contributed by atoms with Crippen molar-refractivity contribution in [3.8, 4) is 17.2 Å². The summed E-state index contributed by atoms with van der Waals surface area (Å²) in [6, 6.07) is 9.52. The molecule has 0 saturated carbocycles. The van der Waals surface area contributed by atoms with E-state index < -0.39 is 15.6 Å². The van der Waals surface area contributed by atoms with Gasteiger partial charge >= 0.3 is 5.63 Å². The van der Waals surface area contributed by atoms with Crippen molar-refractivity contribution in [2.24, 2.45) is 0 Å². The van der Waals surface area contributed by atoms with Crippen LogP contribution >= 0.6 is 0 Å². The second-order valence-electron chi connectivity index (χ2n) is 8.52. The number of piperazine rings is 1. The molecular formula is C24H26N2O7S. The van der Waals surface area contributed by atoms with Crippen molar-refractivity contribution in [3.05, 3.63) is 57.9 Å². The molecule has 1 N–H and O–H groups in total. The number of aryl methyl sites for hydroxylation is 1. The van der Waals surface area contributed by atoms with E-state index in [4.69, 9.17) is 13.9 Å². The summed E-state index contributed by atoms with van der Waals surface area (Å²) in [5.74, 6) is 1.08. The number of rotatable bonds is 4. The monoisotopic (exact) mass is 486 g/mol.